The zero-order chi connectivity index (χ0) is 14.0. The van der Waals surface area contributed by atoms with Gasteiger partial charge in [0, 0.05) is 26.4 Å². The molecule has 0 atom stereocenters. The van der Waals surface area contributed by atoms with Gasteiger partial charge in [-0.1, -0.05) is 6.07 Å². The van der Waals surface area contributed by atoms with Crippen molar-refractivity contribution in [3.05, 3.63) is 29.8 Å². The minimum absolute atomic E-state index is 0.0700. The number of nitrogens with zero attached hydrogens (tertiary/aromatic N) is 3. The van der Waals surface area contributed by atoms with Crippen molar-refractivity contribution in [3.63, 3.8) is 0 Å². The summed E-state index contributed by atoms with van der Waals surface area (Å²) in [6, 6.07) is 4.73. The summed E-state index contributed by atoms with van der Waals surface area (Å²) in [4.78, 5) is 17.6. The molecule has 0 bridgehead atoms. The number of rotatable bonds is 4. The number of amides is 1. The fourth-order valence-electron chi connectivity index (χ4n) is 1.89. The number of fused-ring (bicyclic) bond motifs is 1. The van der Waals surface area contributed by atoms with E-state index >= 15 is 0 Å². The number of hydrogen-bond acceptors (Lipinski definition) is 2. The molecule has 1 aromatic heterocycles. The van der Waals surface area contributed by atoms with Crippen molar-refractivity contribution in [2.45, 2.75) is 13.0 Å². The molecular formula is C13H15ClFN3O. The lowest BCUT2D eigenvalue weighted by atomic mass is 10.3. The van der Waals surface area contributed by atoms with E-state index in [0.29, 0.717) is 23.6 Å². The predicted octanol–water partition coefficient (Wildman–Crippen LogP) is 2.04. The molecule has 0 aliphatic carbocycles. The Morgan fingerprint density at radius 3 is 2.84 bits per heavy atom. The van der Waals surface area contributed by atoms with Gasteiger partial charge in [-0.25, -0.2) is 9.37 Å². The van der Waals surface area contributed by atoms with Gasteiger partial charge in [0.25, 0.3) is 0 Å². The van der Waals surface area contributed by atoms with Crippen molar-refractivity contribution in [2.24, 2.45) is 0 Å². The number of hydrogen-bond donors (Lipinski definition) is 0. The Balaban J connectivity index is 2.52. The number of carbonyl (C=O) groups excluding carboxylic acids is 1. The van der Waals surface area contributed by atoms with Crippen molar-refractivity contribution in [3.8, 4) is 0 Å². The number of aryl methyl sites for hydroxylation is 1. The van der Waals surface area contributed by atoms with E-state index in [4.69, 9.17) is 11.6 Å². The van der Waals surface area contributed by atoms with Crippen molar-refractivity contribution >= 4 is 28.5 Å². The minimum Gasteiger partial charge on any atom is -0.347 e. The number of likely N-dealkylation sites (N-methyl/N-ethyl adjacent to an activating group) is 1. The number of alkyl halides is 1. The predicted molar refractivity (Wildman–Crippen MR) is 72.8 cm³/mol. The number of imidazole rings is 1. The normalized spacial score (nSPS) is 10.9. The maximum absolute atomic E-state index is 13.7. The number of para-hydroxylation sites is 1. The summed E-state index contributed by atoms with van der Waals surface area (Å²) < 4.78 is 15.4. The Kier molecular flexibility index (Phi) is 4.04. The van der Waals surface area contributed by atoms with Crippen LogP contribution in [0.4, 0.5) is 4.39 Å². The monoisotopic (exact) mass is 283 g/mol. The van der Waals surface area contributed by atoms with Crippen LogP contribution in [0.25, 0.3) is 11.0 Å². The standard InChI is InChI=1S/C13H15ClFN3O/c1-17(2)12(19)8-18-10-5-3-4-9(15)13(10)16-11(18)6-7-14/h3-5H,6-8H2,1-2H3. The second kappa shape index (κ2) is 5.57. The lowest BCUT2D eigenvalue weighted by Gasteiger charge is -2.13. The number of benzene rings is 1. The van der Waals surface area contributed by atoms with Gasteiger partial charge in [0.2, 0.25) is 5.91 Å². The quantitative estimate of drug-likeness (QED) is 0.806. The highest BCUT2D eigenvalue weighted by Gasteiger charge is 2.16. The summed E-state index contributed by atoms with van der Waals surface area (Å²) in [5.41, 5.74) is 0.907. The molecule has 6 heteroatoms. The van der Waals surface area contributed by atoms with E-state index in [2.05, 4.69) is 4.98 Å². The highest BCUT2D eigenvalue weighted by atomic mass is 35.5. The van der Waals surface area contributed by atoms with Crippen LogP contribution < -0.4 is 0 Å². The molecule has 0 aliphatic heterocycles. The molecule has 2 aromatic rings. The van der Waals surface area contributed by atoms with Crippen LogP contribution in [0.3, 0.4) is 0 Å². The Bertz CT molecular complexity index is 609. The molecule has 102 valence electrons. The summed E-state index contributed by atoms with van der Waals surface area (Å²) in [5.74, 6) is 0.551. The van der Waals surface area contributed by atoms with E-state index in [0.717, 1.165) is 0 Å². The van der Waals surface area contributed by atoms with Crippen molar-refractivity contribution < 1.29 is 9.18 Å². The van der Waals surface area contributed by atoms with Gasteiger partial charge in [-0.3, -0.25) is 4.79 Å². The molecule has 1 amide bonds. The van der Waals surface area contributed by atoms with Crippen LogP contribution in [0.1, 0.15) is 5.82 Å². The van der Waals surface area contributed by atoms with Crippen molar-refractivity contribution in [2.75, 3.05) is 20.0 Å². The summed E-state index contributed by atoms with van der Waals surface area (Å²) in [5, 5.41) is 0. The lowest BCUT2D eigenvalue weighted by molar-refractivity contribution is -0.129. The third-order valence-corrected chi connectivity index (χ3v) is 3.11. The largest absolute Gasteiger partial charge is 0.347 e. The first-order valence-electron chi connectivity index (χ1n) is 5.94. The molecule has 0 unspecified atom stereocenters. The number of halogens is 2. The van der Waals surface area contributed by atoms with Gasteiger partial charge in [-0.05, 0) is 12.1 Å². The van der Waals surface area contributed by atoms with Crippen LogP contribution >= 0.6 is 11.6 Å². The topological polar surface area (TPSA) is 38.1 Å². The van der Waals surface area contributed by atoms with Gasteiger partial charge in [0.1, 0.15) is 17.9 Å². The second-order valence-electron chi connectivity index (χ2n) is 4.45. The van der Waals surface area contributed by atoms with E-state index in [9.17, 15) is 9.18 Å². The summed E-state index contributed by atoms with van der Waals surface area (Å²) in [6.45, 7) is 0.138. The fraction of sp³-hybridized carbons (Fsp3) is 0.385. The Morgan fingerprint density at radius 1 is 1.47 bits per heavy atom. The van der Waals surface area contributed by atoms with Crippen molar-refractivity contribution in [1.29, 1.82) is 0 Å². The lowest BCUT2D eigenvalue weighted by Crippen LogP contribution is -2.27. The van der Waals surface area contributed by atoms with Crippen LogP contribution in [-0.4, -0.2) is 40.3 Å². The van der Waals surface area contributed by atoms with Gasteiger partial charge < -0.3 is 9.47 Å². The SMILES string of the molecule is CN(C)C(=O)Cn1c(CCCl)nc2c(F)cccc21. The molecule has 0 radical (unpaired) electrons. The molecule has 0 aliphatic rings. The molecule has 0 N–H and O–H groups in total. The van der Waals surface area contributed by atoms with Crippen LogP contribution in [0.5, 0.6) is 0 Å². The maximum Gasteiger partial charge on any atom is 0.242 e. The van der Waals surface area contributed by atoms with Crippen LogP contribution in [0.2, 0.25) is 0 Å². The maximum atomic E-state index is 13.7. The molecule has 4 nitrogen and oxygen atoms in total. The molecule has 0 spiro atoms. The molecule has 2 rings (SSSR count). The molecule has 0 saturated carbocycles. The molecular weight excluding hydrogens is 269 g/mol. The van der Waals surface area contributed by atoms with Crippen molar-refractivity contribution in [1.82, 2.24) is 14.5 Å². The Hall–Kier alpha value is -1.62. The second-order valence-corrected chi connectivity index (χ2v) is 4.83. The molecule has 0 fully saturated rings. The third-order valence-electron chi connectivity index (χ3n) is 2.92. The van der Waals surface area contributed by atoms with Gasteiger partial charge in [-0.2, -0.15) is 0 Å². The molecule has 1 heterocycles. The Labute approximate surface area is 115 Å². The van der Waals surface area contributed by atoms with E-state index in [1.807, 2.05) is 0 Å². The third kappa shape index (κ3) is 2.71. The summed E-state index contributed by atoms with van der Waals surface area (Å²) in [6.07, 6.45) is 0.496. The highest BCUT2D eigenvalue weighted by molar-refractivity contribution is 6.17. The average molecular weight is 284 g/mol. The fourth-order valence-corrected chi connectivity index (χ4v) is 2.06. The van der Waals surface area contributed by atoms with Gasteiger partial charge >= 0.3 is 0 Å². The van der Waals surface area contributed by atoms with E-state index in [1.165, 1.54) is 11.0 Å². The van der Waals surface area contributed by atoms with E-state index in [1.54, 1.807) is 30.8 Å². The highest BCUT2D eigenvalue weighted by Crippen LogP contribution is 2.20. The molecule has 1 aromatic carbocycles. The zero-order valence-corrected chi connectivity index (χ0v) is 11.6. The van der Waals surface area contributed by atoms with Gasteiger partial charge in [-0.15, -0.1) is 11.6 Å². The summed E-state index contributed by atoms with van der Waals surface area (Å²) in [7, 11) is 3.37. The first-order chi connectivity index (χ1) is 9.04. The van der Waals surface area contributed by atoms with Crippen LogP contribution in [-0.2, 0) is 17.8 Å². The average Bonchev–Trinajstić information content (AvgIpc) is 2.70. The molecule has 0 saturated heterocycles. The van der Waals surface area contributed by atoms with E-state index < -0.39 is 0 Å². The number of carbonyl (C=O) groups is 1. The minimum atomic E-state index is -0.385. The molecule has 19 heavy (non-hydrogen) atoms. The smallest absolute Gasteiger partial charge is 0.242 e. The summed E-state index contributed by atoms with van der Waals surface area (Å²) >= 11 is 5.73. The van der Waals surface area contributed by atoms with E-state index in [-0.39, 0.29) is 23.8 Å². The first-order valence-corrected chi connectivity index (χ1v) is 6.47. The van der Waals surface area contributed by atoms with Crippen LogP contribution in [0.15, 0.2) is 18.2 Å². The van der Waals surface area contributed by atoms with Crippen LogP contribution in [0, 0.1) is 5.82 Å². The van der Waals surface area contributed by atoms with Gasteiger partial charge in [0.15, 0.2) is 5.82 Å². The Morgan fingerprint density at radius 2 is 2.21 bits per heavy atom. The first kappa shape index (κ1) is 13.8. The zero-order valence-electron chi connectivity index (χ0n) is 10.9. The van der Waals surface area contributed by atoms with Gasteiger partial charge in [0.05, 0.1) is 5.52 Å². The number of aromatic nitrogens is 2.